The summed E-state index contributed by atoms with van der Waals surface area (Å²) >= 11 is 0. The van der Waals surface area contributed by atoms with Crippen molar-refractivity contribution in [1.82, 2.24) is 0 Å². The highest BCUT2D eigenvalue weighted by molar-refractivity contribution is 5.93. The smallest absolute Gasteiger partial charge is 0.348 e. The summed E-state index contributed by atoms with van der Waals surface area (Å²) in [6, 6.07) is 2.04. The Morgan fingerprint density at radius 1 is 1.29 bits per heavy atom. The molecule has 17 heavy (non-hydrogen) atoms. The van der Waals surface area contributed by atoms with Crippen molar-refractivity contribution < 1.29 is 9.53 Å². The Morgan fingerprint density at radius 3 is 2.41 bits per heavy atom. The fraction of sp³-hybridized carbons (Fsp3) is 0.714. The van der Waals surface area contributed by atoms with Crippen LogP contribution in [0.4, 0.5) is 0 Å². The molecule has 1 fully saturated rings. The van der Waals surface area contributed by atoms with Crippen LogP contribution in [-0.4, -0.2) is 12.6 Å². The molecule has 0 atom stereocenters. The van der Waals surface area contributed by atoms with Crippen LogP contribution >= 0.6 is 0 Å². The minimum absolute atomic E-state index is 0.251. The quantitative estimate of drug-likeness (QED) is 0.426. The molecule has 0 aromatic heterocycles. The Morgan fingerprint density at radius 2 is 1.94 bits per heavy atom. The molecule has 0 radical (unpaired) electrons. The highest BCUT2D eigenvalue weighted by Gasteiger charge is 2.23. The lowest BCUT2D eigenvalue weighted by Gasteiger charge is -2.24. The summed E-state index contributed by atoms with van der Waals surface area (Å²) in [7, 11) is 0. The van der Waals surface area contributed by atoms with Gasteiger partial charge in [0.1, 0.15) is 11.6 Å². The Balaban J connectivity index is 2.92. The molecule has 0 spiro atoms. The van der Waals surface area contributed by atoms with Crippen molar-refractivity contribution in [2.75, 3.05) is 6.61 Å². The summed E-state index contributed by atoms with van der Waals surface area (Å²) in [5, 5.41) is 9.15. The van der Waals surface area contributed by atoms with Gasteiger partial charge in [0.05, 0.1) is 6.61 Å². The van der Waals surface area contributed by atoms with Gasteiger partial charge in [-0.1, -0.05) is 26.2 Å². The first-order valence-electron chi connectivity index (χ1n) is 6.54. The third-order valence-electron chi connectivity index (χ3n) is 3.39. The maximum atomic E-state index is 11.7. The van der Waals surface area contributed by atoms with Gasteiger partial charge in [-0.15, -0.1) is 0 Å². The van der Waals surface area contributed by atoms with E-state index in [-0.39, 0.29) is 5.57 Å². The SMILES string of the molecule is CCOC(=O)C(C#N)=C(CC)C1CCCCC1. The van der Waals surface area contributed by atoms with E-state index >= 15 is 0 Å². The topological polar surface area (TPSA) is 50.1 Å². The summed E-state index contributed by atoms with van der Waals surface area (Å²) in [6.45, 7) is 4.10. The number of rotatable bonds is 4. The van der Waals surface area contributed by atoms with Gasteiger partial charge in [0.2, 0.25) is 0 Å². The van der Waals surface area contributed by atoms with E-state index in [1.165, 1.54) is 19.3 Å². The largest absolute Gasteiger partial charge is 0.462 e. The van der Waals surface area contributed by atoms with Crippen molar-refractivity contribution in [2.24, 2.45) is 5.92 Å². The highest BCUT2D eigenvalue weighted by Crippen LogP contribution is 2.33. The standard InChI is InChI=1S/C14H21NO2/c1-3-12(11-8-6-5-7-9-11)13(10-15)14(16)17-4-2/h11H,3-9H2,1-2H3. The number of hydrogen-bond donors (Lipinski definition) is 0. The number of nitriles is 1. The van der Waals surface area contributed by atoms with Gasteiger partial charge in [0.15, 0.2) is 0 Å². The lowest BCUT2D eigenvalue weighted by atomic mass is 9.81. The maximum absolute atomic E-state index is 11.7. The normalized spacial score (nSPS) is 18.2. The second-order valence-corrected chi connectivity index (χ2v) is 4.42. The zero-order chi connectivity index (χ0) is 12.7. The highest BCUT2D eigenvalue weighted by atomic mass is 16.5. The van der Waals surface area contributed by atoms with Gasteiger partial charge in [-0.2, -0.15) is 5.26 Å². The van der Waals surface area contributed by atoms with Gasteiger partial charge in [-0.25, -0.2) is 4.79 Å². The molecule has 3 nitrogen and oxygen atoms in total. The Labute approximate surface area is 103 Å². The predicted octanol–water partition coefficient (Wildman–Crippen LogP) is 3.36. The molecule has 0 aromatic rings. The first kappa shape index (κ1) is 13.8. The zero-order valence-corrected chi connectivity index (χ0v) is 10.8. The summed E-state index contributed by atoms with van der Waals surface area (Å²) in [6.07, 6.45) is 6.66. The lowest BCUT2D eigenvalue weighted by molar-refractivity contribution is -0.138. The van der Waals surface area contributed by atoms with Crippen molar-refractivity contribution in [2.45, 2.75) is 52.4 Å². The predicted molar refractivity (Wildman–Crippen MR) is 66.1 cm³/mol. The van der Waals surface area contributed by atoms with Gasteiger partial charge < -0.3 is 4.74 Å². The molecular weight excluding hydrogens is 214 g/mol. The Bertz CT molecular complexity index is 333. The molecule has 0 amide bonds. The number of esters is 1. The Kier molecular flexibility index (Phi) is 5.76. The molecule has 0 aliphatic heterocycles. The van der Waals surface area contributed by atoms with Gasteiger partial charge >= 0.3 is 5.97 Å². The third-order valence-corrected chi connectivity index (χ3v) is 3.39. The third kappa shape index (κ3) is 3.59. The number of nitrogens with zero attached hydrogens (tertiary/aromatic N) is 1. The van der Waals surface area contributed by atoms with Crippen LogP contribution in [0.25, 0.3) is 0 Å². The van der Waals surface area contributed by atoms with E-state index in [0.717, 1.165) is 24.8 Å². The molecule has 0 bridgehead atoms. The van der Waals surface area contributed by atoms with Gasteiger partial charge in [-0.05, 0) is 37.7 Å². The minimum atomic E-state index is -0.447. The molecular formula is C14H21NO2. The van der Waals surface area contributed by atoms with Crippen LogP contribution in [0.5, 0.6) is 0 Å². The minimum Gasteiger partial charge on any atom is -0.462 e. The van der Waals surface area contributed by atoms with Crippen LogP contribution in [0.3, 0.4) is 0 Å². The summed E-state index contributed by atoms with van der Waals surface area (Å²) < 4.78 is 4.95. The summed E-state index contributed by atoms with van der Waals surface area (Å²) in [5.74, 6) is -0.0368. The second kappa shape index (κ2) is 7.11. The molecule has 0 saturated heterocycles. The monoisotopic (exact) mass is 235 g/mol. The summed E-state index contributed by atoms with van der Waals surface area (Å²) in [4.78, 5) is 11.7. The fourth-order valence-corrected chi connectivity index (χ4v) is 2.57. The van der Waals surface area contributed by atoms with Crippen molar-refractivity contribution in [3.05, 3.63) is 11.1 Å². The van der Waals surface area contributed by atoms with E-state index < -0.39 is 5.97 Å². The molecule has 0 aromatic carbocycles. The van der Waals surface area contributed by atoms with Gasteiger partial charge in [-0.3, -0.25) is 0 Å². The molecule has 1 aliphatic rings. The van der Waals surface area contributed by atoms with Crippen molar-refractivity contribution in [3.8, 4) is 6.07 Å². The number of allylic oxidation sites excluding steroid dienone is 1. The Hall–Kier alpha value is -1.30. The van der Waals surface area contributed by atoms with Crippen LogP contribution in [0, 0.1) is 17.2 Å². The average Bonchev–Trinajstić information content (AvgIpc) is 2.37. The van der Waals surface area contributed by atoms with Crippen LogP contribution in [-0.2, 0) is 9.53 Å². The van der Waals surface area contributed by atoms with Crippen molar-refractivity contribution in [3.63, 3.8) is 0 Å². The van der Waals surface area contributed by atoms with E-state index in [9.17, 15) is 4.79 Å². The van der Waals surface area contributed by atoms with E-state index in [0.29, 0.717) is 12.5 Å². The second-order valence-electron chi connectivity index (χ2n) is 4.42. The molecule has 0 N–H and O–H groups in total. The molecule has 3 heteroatoms. The number of hydrogen-bond acceptors (Lipinski definition) is 3. The number of ether oxygens (including phenoxy) is 1. The first-order valence-corrected chi connectivity index (χ1v) is 6.54. The van der Waals surface area contributed by atoms with Crippen molar-refractivity contribution in [1.29, 1.82) is 5.26 Å². The van der Waals surface area contributed by atoms with Crippen LogP contribution in [0.1, 0.15) is 52.4 Å². The molecule has 1 aliphatic carbocycles. The fourth-order valence-electron chi connectivity index (χ4n) is 2.57. The van der Waals surface area contributed by atoms with Gasteiger partial charge in [0.25, 0.3) is 0 Å². The maximum Gasteiger partial charge on any atom is 0.348 e. The van der Waals surface area contributed by atoms with E-state index in [2.05, 4.69) is 0 Å². The van der Waals surface area contributed by atoms with E-state index in [4.69, 9.17) is 10.00 Å². The van der Waals surface area contributed by atoms with E-state index in [1.807, 2.05) is 13.0 Å². The first-order chi connectivity index (χ1) is 8.24. The number of carbonyl (C=O) groups is 1. The summed E-state index contributed by atoms with van der Waals surface area (Å²) in [5.41, 5.74) is 1.26. The van der Waals surface area contributed by atoms with Crippen LogP contribution < -0.4 is 0 Å². The molecule has 0 unspecified atom stereocenters. The van der Waals surface area contributed by atoms with E-state index in [1.54, 1.807) is 6.92 Å². The average molecular weight is 235 g/mol. The molecule has 1 saturated carbocycles. The molecule has 94 valence electrons. The molecule has 1 rings (SSSR count). The zero-order valence-electron chi connectivity index (χ0n) is 10.8. The van der Waals surface area contributed by atoms with Crippen LogP contribution in [0.15, 0.2) is 11.1 Å². The number of carbonyl (C=O) groups excluding carboxylic acids is 1. The van der Waals surface area contributed by atoms with Crippen LogP contribution in [0.2, 0.25) is 0 Å². The molecule has 0 heterocycles. The lowest BCUT2D eigenvalue weighted by Crippen LogP contribution is -2.16. The van der Waals surface area contributed by atoms with Crippen molar-refractivity contribution >= 4 is 5.97 Å². The van der Waals surface area contributed by atoms with Gasteiger partial charge in [0, 0.05) is 0 Å².